The molecule has 0 heterocycles. The Morgan fingerprint density at radius 1 is 1.19 bits per heavy atom. The third-order valence-electron chi connectivity index (χ3n) is 2.64. The zero-order valence-electron chi connectivity index (χ0n) is 11.9. The fourth-order valence-electron chi connectivity index (χ4n) is 1.74. The Kier molecular flexibility index (Phi) is 6.03. The molecule has 120 valence electrons. The van der Waals surface area contributed by atoms with Crippen LogP contribution in [0.2, 0.25) is 0 Å². The van der Waals surface area contributed by atoms with Crippen LogP contribution in [-0.2, 0) is 10.0 Å². The van der Waals surface area contributed by atoms with Gasteiger partial charge >= 0.3 is 6.18 Å². The SMILES string of the molecule is CCCNc1ccc(S(=O)(=O)NC(C)CC(F)(F)F)cc1. The van der Waals surface area contributed by atoms with Gasteiger partial charge in [0.1, 0.15) is 0 Å². The first kappa shape index (κ1) is 17.8. The topological polar surface area (TPSA) is 58.2 Å². The lowest BCUT2D eigenvalue weighted by Crippen LogP contribution is -2.35. The quantitative estimate of drug-likeness (QED) is 0.810. The Hall–Kier alpha value is -1.28. The van der Waals surface area contributed by atoms with Gasteiger partial charge in [-0.05, 0) is 37.6 Å². The molecule has 0 aliphatic carbocycles. The summed E-state index contributed by atoms with van der Waals surface area (Å²) in [4.78, 5) is -0.0569. The summed E-state index contributed by atoms with van der Waals surface area (Å²) in [5, 5.41) is 3.08. The van der Waals surface area contributed by atoms with Crippen molar-refractivity contribution in [3.05, 3.63) is 24.3 Å². The number of nitrogens with one attached hydrogen (secondary N) is 2. The summed E-state index contributed by atoms with van der Waals surface area (Å²) < 4.78 is 62.6. The van der Waals surface area contributed by atoms with Crippen LogP contribution in [0.15, 0.2) is 29.2 Å². The highest BCUT2D eigenvalue weighted by atomic mass is 32.2. The van der Waals surface area contributed by atoms with Crippen LogP contribution in [0.25, 0.3) is 0 Å². The molecule has 0 saturated carbocycles. The maximum absolute atomic E-state index is 12.2. The highest BCUT2D eigenvalue weighted by Gasteiger charge is 2.31. The summed E-state index contributed by atoms with van der Waals surface area (Å²) in [6.45, 7) is 3.94. The Labute approximate surface area is 122 Å². The van der Waals surface area contributed by atoms with Crippen molar-refractivity contribution in [2.24, 2.45) is 0 Å². The number of alkyl halides is 3. The molecule has 0 spiro atoms. The normalized spacial score (nSPS) is 14.0. The second-order valence-electron chi connectivity index (χ2n) is 4.79. The maximum Gasteiger partial charge on any atom is 0.390 e. The minimum atomic E-state index is -4.41. The molecule has 0 aromatic heterocycles. The lowest BCUT2D eigenvalue weighted by atomic mass is 10.2. The van der Waals surface area contributed by atoms with Crippen LogP contribution in [0, 0.1) is 0 Å². The minimum Gasteiger partial charge on any atom is -0.385 e. The average Bonchev–Trinajstić information content (AvgIpc) is 2.33. The third kappa shape index (κ3) is 6.34. The fraction of sp³-hybridized carbons (Fsp3) is 0.538. The molecular formula is C13H19F3N2O2S. The van der Waals surface area contributed by atoms with Crippen molar-refractivity contribution in [1.29, 1.82) is 0 Å². The zero-order chi connectivity index (χ0) is 16.1. The van der Waals surface area contributed by atoms with Gasteiger partial charge in [-0.3, -0.25) is 0 Å². The summed E-state index contributed by atoms with van der Waals surface area (Å²) in [6, 6.07) is 4.67. The van der Waals surface area contributed by atoms with Gasteiger partial charge in [0, 0.05) is 18.3 Å². The van der Waals surface area contributed by atoms with Crippen LogP contribution in [0.3, 0.4) is 0 Å². The van der Waals surface area contributed by atoms with Gasteiger partial charge in [0.05, 0.1) is 11.3 Å². The van der Waals surface area contributed by atoms with Crippen LogP contribution in [0.4, 0.5) is 18.9 Å². The van der Waals surface area contributed by atoms with E-state index in [0.29, 0.717) is 0 Å². The van der Waals surface area contributed by atoms with Crippen molar-refractivity contribution < 1.29 is 21.6 Å². The van der Waals surface area contributed by atoms with E-state index in [4.69, 9.17) is 0 Å². The predicted molar refractivity (Wildman–Crippen MR) is 75.7 cm³/mol. The molecule has 1 aromatic rings. The minimum absolute atomic E-state index is 0.0569. The Balaban J connectivity index is 2.74. The molecule has 0 saturated heterocycles. The van der Waals surface area contributed by atoms with Gasteiger partial charge in [0.2, 0.25) is 10.0 Å². The Bertz CT molecular complexity index is 542. The second kappa shape index (κ2) is 7.13. The molecule has 8 heteroatoms. The van der Waals surface area contributed by atoms with Crippen LogP contribution in [0.1, 0.15) is 26.7 Å². The molecule has 4 nitrogen and oxygen atoms in total. The number of hydrogen-bond donors (Lipinski definition) is 2. The smallest absolute Gasteiger partial charge is 0.385 e. The van der Waals surface area contributed by atoms with Crippen molar-refractivity contribution >= 4 is 15.7 Å². The van der Waals surface area contributed by atoms with Crippen molar-refractivity contribution in [3.63, 3.8) is 0 Å². The summed E-state index contributed by atoms with van der Waals surface area (Å²) in [5.41, 5.74) is 0.763. The molecule has 1 atom stereocenters. The van der Waals surface area contributed by atoms with Crippen molar-refractivity contribution in [1.82, 2.24) is 4.72 Å². The predicted octanol–water partition coefficient (Wildman–Crippen LogP) is 3.13. The third-order valence-corrected chi connectivity index (χ3v) is 4.24. The molecule has 2 N–H and O–H groups in total. The number of halogens is 3. The van der Waals surface area contributed by atoms with Crippen molar-refractivity contribution in [2.45, 2.75) is 43.8 Å². The van der Waals surface area contributed by atoms with Crippen LogP contribution < -0.4 is 10.0 Å². The summed E-state index contributed by atoms with van der Waals surface area (Å²) in [6.07, 6.45) is -4.69. The Morgan fingerprint density at radius 2 is 1.76 bits per heavy atom. The van der Waals surface area contributed by atoms with Gasteiger partial charge in [-0.2, -0.15) is 13.2 Å². The number of anilines is 1. The van der Waals surface area contributed by atoms with Crippen molar-refractivity contribution in [2.75, 3.05) is 11.9 Å². The van der Waals surface area contributed by atoms with Crippen LogP contribution >= 0.6 is 0 Å². The number of benzene rings is 1. The zero-order valence-corrected chi connectivity index (χ0v) is 12.7. The summed E-state index contributed by atoms with van der Waals surface area (Å²) in [7, 11) is -3.95. The van der Waals surface area contributed by atoms with E-state index in [0.717, 1.165) is 18.7 Å². The fourth-order valence-corrected chi connectivity index (χ4v) is 2.99. The van der Waals surface area contributed by atoms with E-state index in [2.05, 4.69) is 5.32 Å². The molecule has 0 aliphatic heterocycles. The van der Waals surface area contributed by atoms with Gasteiger partial charge in [-0.15, -0.1) is 0 Å². The lowest BCUT2D eigenvalue weighted by molar-refractivity contribution is -0.137. The van der Waals surface area contributed by atoms with Gasteiger partial charge in [0.15, 0.2) is 0 Å². The number of sulfonamides is 1. The van der Waals surface area contributed by atoms with Crippen LogP contribution in [0.5, 0.6) is 0 Å². The standard InChI is InChI=1S/C13H19F3N2O2S/c1-3-8-17-11-4-6-12(7-5-11)21(19,20)18-10(2)9-13(14,15)16/h4-7,10,17-18H,3,8-9H2,1-2H3. The van der Waals surface area contributed by atoms with E-state index in [1.165, 1.54) is 19.1 Å². The lowest BCUT2D eigenvalue weighted by Gasteiger charge is -2.16. The monoisotopic (exact) mass is 324 g/mol. The van der Waals surface area contributed by atoms with E-state index in [-0.39, 0.29) is 4.90 Å². The van der Waals surface area contributed by atoms with Gasteiger partial charge < -0.3 is 5.32 Å². The van der Waals surface area contributed by atoms with E-state index in [1.807, 2.05) is 11.6 Å². The maximum atomic E-state index is 12.2. The van der Waals surface area contributed by atoms with E-state index >= 15 is 0 Å². The number of hydrogen-bond acceptors (Lipinski definition) is 3. The first-order valence-electron chi connectivity index (χ1n) is 6.57. The van der Waals surface area contributed by atoms with Gasteiger partial charge in [-0.1, -0.05) is 6.92 Å². The summed E-state index contributed by atoms with van der Waals surface area (Å²) >= 11 is 0. The first-order chi connectivity index (χ1) is 9.64. The molecule has 21 heavy (non-hydrogen) atoms. The molecule has 0 fully saturated rings. The van der Waals surface area contributed by atoms with Gasteiger partial charge in [-0.25, -0.2) is 13.1 Å². The molecular weight excluding hydrogens is 305 g/mol. The molecule has 0 amide bonds. The largest absolute Gasteiger partial charge is 0.390 e. The van der Waals surface area contributed by atoms with E-state index in [9.17, 15) is 21.6 Å². The van der Waals surface area contributed by atoms with Crippen molar-refractivity contribution in [3.8, 4) is 0 Å². The van der Waals surface area contributed by atoms with Crippen LogP contribution in [-0.4, -0.2) is 27.2 Å². The van der Waals surface area contributed by atoms with E-state index < -0.39 is 28.7 Å². The molecule has 0 bridgehead atoms. The first-order valence-corrected chi connectivity index (χ1v) is 8.05. The van der Waals surface area contributed by atoms with Gasteiger partial charge in [0.25, 0.3) is 0 Å². The number of rotatable bonds is 7. The molecule has 1 unspecified atom stereocenters. The molecule has 0 aliphatic rings. The highest BCUT2D eigenvalue weighted by Crippen LogP contribution is 2.22. The molecule has 1 rings (SSSR count). The average molecular weight is 324 g/mol. The van der Waals surface area contributed by atoms with E-state index in [1.54, 1.807) is 12.1 Å². The second-order valence-corrected chi connectivity index (χ2v) is 6.51. The summed E-state index contributed by atoms with van der Waals surface area (Å²) in [5.74, 6) is 0. The molecule has 1 aromatic carbocycles. The molecule has 0 radical (unpaired) electrons. The Morgan fingerprint density at radius 3 is 2.24 bits per heavy atom. The highest BCUT2D eigenvalue weighted by molar-refractivity contribution is 7.89.